The van der Waals surface area contributed by atoms with Crippen LogP contribution in [0.2, 0.25) is 0 Å². The molecular weight excluding hydrogens is 382 g/mol. The molecule has 0 spiro atoms. The lowest BCUT2D eigenvalue weighted by Crippen LogP contribution is -2.30. The van der Waals surface area contributed by atoms with Gasteiger partial charge in [0.05, 0.1) is 30.7 Å². The molecular formula is C23H25N3O4. The Bertz CT molecular complexity index is 1020. The first kappa shape index (κ1) is 20.0. The van der Waals surface area contributed by atoms with Crippen molar-refractivity contribution in [1.29, 1.82) is 0 Å². The van der Waals surface area contributed by atoms with E-state index in [0.717, 1.165) is 42.3 Å². The van der Waals surface area contributed by atoms with E-state index in [1.807, 2.05) is 36.4 Å². The third-order valence-corrected chi connectivity index (χ3v) is 5.58. The van der Waals surface area contributed by atoms with Gasteiger partial charge in [-0.25, -0.2) is 0 Å². The first-order chi connectivity index (χ1) is 14.6. The van der Waals surface area contributed by atoms with E-state index in [1.54, 1.807) is 26.4 Å². The van der Waals surface area contributed by atoms with Crippen LogP contribution in [0.25, 0.3) is 0 Å². The zero-order valence-corrected chi connectivity index (χ0v) is 17.2. The van der Waals surface area contributed by atoms with Crippen LogP contribution in [0, 0.1) is 10.1 Å². The highest BCUT2D eigenvalue weighted by molar-refractivity contribution is 5.46. The summed E-state index contributed by atoms with van der Waals surface area (Å²) in [6.07, 6.45) is 3.01. The fourth-order valence-electron chi connectivity index (χ4n) is 4.24. The van der Waals surface area contributed by atoms with E-state index in [2.05, 4.69) is 21.7 Å². The van der Waals surface area contributed by atoms with E-state index in [0.29, 0.717) is 12.1 Å². The van der Waals surface area contributed by atoms with Crippen LogP contribution >= 0.6 is 0 Å². The number of ether oxygens (including phenoxy) is 2. The largest absolute Gasteiger partial charge is 0.497 e. The molecule has 0 bridgehead atoms. The molecule has 0 aliphatic carbocycles. The SMILES string of the molecule is COc1cc(CN2CCCn3cccc3C2c2ccccc2[N+](=O)[O-])cc(OC)c1. The highest BCUT2D eigenvalue weighted by Gasteiger charge is 2.32. The average molecular weight is 407 g/mol. The molecule has 1 unspecified atom stereocenters. The third-order valence-electron chi connectivity index (χ3n) is 5.58. The van der Waals surface area contributed by atoms with E-state index < -0.39 is 0 Å². The number of nitro benzene ring substituents is 1. The first-order valence-electron chi connectivity index (χ1n) is 9.95. The van der Waals surface area contributed by atoms with Gasteiger partial charge in [0.25, 0.3) is 5.69 Å². The quantitative estimate of drug-likeness (QED) is 0.447. The van der Waals surface area contributed by atoms with Crippen molar-refractivity contribution in [3.63, 3.8) is 0 Å². The van der Waals surface area contributed by atoms with E-state index in [9.17, 15) is 10.1 Å². The minimum atomic E-state index is -0.291. The summed E-state index contributed by atoms with van der Waals surface area (Å²) < 4.78 is 13.1. The van der Waals surface area contributed by atoms with Crippen LogP contribution in [0.3, 0.4) is 0 Å². The maximum atomic E-state index is 11.8. The predicted molar refractivity (Wildman–Crippen MR) is 114 cm³/mol. The predicted octanol–water partition coefficient (Wildman–Crippen LogP) is 4.41. The van der Waals surface area contributed by atoms with Gasteiger partial charge in [0.15, 0.2) is 0 Å². The molecule has 1 aliphatic heterocycles. The highest BCUT2D eigenvalue weighted by atomic mass is 16.6. The topological polar surface area (TPSA) is 69.8 Å². The summed E-state index contributed by atoms with van der Waals surface area (Å²) in [7, 11) is 3.26. The summed E-state index contributed by atoms with van der Waals surface area (Å²) in [6.45, 7) is 2.32. The Morgan fingerprint density at radius 2 is 1.77 bits per heavy atom. The van der Waals surface area contributed by atoms with Crippen molar-refractivity contribution in [2.75, 3.05) is 20.8 Å². The molecule has 3 aromatic rings. The van der Waals surface area contributed by atoms with Crippen LogP contribution in [0.1, 0.15) is 29.3 Å². The summed E-state index contributed by atoms with van der Waals surface area (Å²) in [5, 5.41) is 11.8. The molecule has 0 radical (unpaired) electrons. The Morgan fingerprint density at radius 1 is 1.03 bits per heavy atom. The smallest absolute Gasteiger partial charge is 0.274 e. The number of hydrogen-bond acceptors (Lipinski definition) is 5. The maximum absolute atomic E-state index is 11.8. The van der Waals surface area contributed by atoms with Crippen LogP contribution in [0.5, 0.6) is 11.5 Å². The molecule has 0 saturated heterocycles. The van der Waals surface area contributed by atoms with E-state index in [1.165, 1.54) is 0 Å². The van der Waals surface area contributed by atoms with Crippen molar-refractivity contribution in [3.8, 4) is 11.5 Å². The molecule has 1 aliphatic rings. The summed E-state index contributed by atoms with van der Waals surface area (Å²) in [6, 6.07) is 16.7. The maximum Gasteiger partial charge on any atom is 0.274 e. The van der Waals surface area contributed by atoms with Gasteiger partial charge in [-0.15, -0.1) is 0 Å². The van der Waals surface area contributed by atoms with Crippen LogP contribution in [0.4, 0.5) is 5.69 Å². The number of hydrogen-bond donors (Lipinski definition) is 0. The monoisotopic (exact) mass is 407 g/mol. The molecule has 156 valence electrons. The molecule has 7 heteroatoms. The fourth-order valence-corrected chi connectivity index (χ4v) is 4.24. The summed E-state index contributed by atoms with van der Waals surface area (Å²) in [5.41, 5.74) is 2.95. The van der Waals surface area contributed by atoms with Gasteiger partial charge in [-0.05, 0) is 36.2 Å². The second kappa shape index (κ2) is 8.59. The highest BCUT2D eigenvalue weighted by Crippen LogP contribution is 2.38. The Morgan fingerprint density at radius 3 is 2.47 bits per heavy atom. The van der Waals surface area contributed by atoms with Crippen molar-refractivity contribution in [1.82, 2.24) is 9.47 Å². The third kappa shape index (κ3) is 3.89. The molecule has 0 N–H and O–H groups in total. The van der Waals surface area contributed by atoms with Crippen molar-refractivity contribution < 1.29 is 14.4 Å². The molecule has 2 heterocycles. The van der Waals surface area contributed by atoms with Crippen LogP contribution in [-0.4, -0.2) is 35.2 Å². The van der Waals surface area contributed by atoms with Gasteiger partial charge in [-0.2, -0.15) is 0 Å². The molecule has 30 heavy (non-hydrogen) atoms. The first-order valence-corrected chi connectivity index (χ1v) is 9.95. The number of para-hydroxylation sites is 1. The number of rotatable bonds is 6. The van der Waals surface area contributed by atoms with Gasteiger partial charge in [0.2, 0.25) is 0 Å². The second-order valence-electron chi connectivity index (χ2n) is 7.39. The molecule has 0 saturated carbocycles. The molecule has 4 rings (SSSR count). The summed E-state index contributed by atoms with van der Waals surface area (Å²) >= 11 is 0. The van der Waals surface area contributed by atoms with Crippen molar-refractivity contribution >= 4 is 5.69 Å². The fraction of sp³-hybridized carbons (Fsp3) is 0.304. The summed E-state index contributed by atoms with van der Waals surface area (Å²) in [4.78, 5) is 13.8. The lowest BCUT2D eigenvalue weighted by Gasteiger charge is -2.30. The Labute approximate surface area is 175 Å². The van der Waals surface area contributed by atoms with Crippen LogP contribution < -0.4 is 9.47 Å². The molecule has 2 aromatic carbocycles. The minimum Gasteiger partial charge on any atom is -0.497 e. The van der Waals surface area contributed by atoms with Gasteiger partial charge in [0, 0.05) is 43.7 Å². The standard InChI is InChI=1S/C23H25N3O4/c1-29-18-13-17(14-19(15-18)30-2)16-25-12-6-11-24-10-5-9-22(24)23(25)20-7-3-4-8-21(20)26(27)28/h3-5,7-10,13-15,23H,6,11-12,16H2,1-2H3. The molecule has 1 aromatic heterocycles. The lowest BCUT2D eigenvalue weighted by atomic mass is 9.99. The van der Waals surface area contributed by atoms with Gasteiger partial charge in [-0.1, -0.05) is 18.2 Å². The number of nitro groups is 1. The van der Waals surface area contributed by atoms with Gasteiger partial charge in [0.1, 0.15) is 11.5 Å². The number of methoxy groups -OCH3 is 2. The Kier molecular flexibility index (Phi) is 5.72. The lowest BCUT2D eigenvalue weighted by molar-refractivity contribution is -0.385. The van der Waals surface area contributed by atoms with Gasteiger partial charge in [-0.3, -0.25) is 15.0 Å². The number of fused-ring (bicyclic) bond motifs is 1. The van der Waals surface area contributed by atoms with Gasteiger partial charge < -0.3 is 14.0 Å². The number of aromatic nitrogens is 1. The normalized spacial score (nSPS) is 16.5. The molecule has 0 amide bonds. The van der Waals surface area contributed by atoms with Crippen LogP contribution in [0.15, 0.2) is 60.8 Å². The average Bonchev–Trinajstić information content (AvgIpc) is 3.15. The Balaban J connectivity index is 1.79. The zero-order valence-electron chi connectivity index (χ0n) is 17.2. The van der Waals surface area contributed by atoms with E-state index >= 15 is 0 Å². The number of nitrogens with zero attached hydrogens (tertiary/aromatic N) is 3. The van der Waals surface area contributed by atoms with Crippen LogP contribution in [-0.2, 0) is 13.1 Å². The molecule has 0 fully saturated rings. The van der Waals surface area contributed by atoms with E-state index in [4.69, 9.17) is 9.47 Å². The van der Waals surface area contributed by atoms with Crippen molar-refractivity contribution in [2.24, 2.45) is 0 Å². The number of aryl methyl sites for hydroxylation is 1. The minimum absolute atomic E-state index is 0.144. The second-order valence-corrected chi connectivity index (χ2v) is 7.39. The number of benzene rings is 2. The summed E-state index contributed by atoms with van der Waals surface area (Å²) in [5.74, 6) is 1.45. The van der Waals surface area contributed by atoms with Crippen molar-refractivity contribution in [2.45, 2.75) is 25.6 Å². The molecule has 7 nitrogen and oxygen atoms in total. The molecule has 1 atom stereocenters. The zero-order chi connectivity index (χ0) is 21.1. The van der Waals surface area contributed by atoms with Crippen molar-refractivity contribution in [3.05, 3.63) is 87.7 Å². The van der Waals surface area contributed by atoms with E-state index in [-0.39, 0.29) is 16.7 Å². The van der Waals surface area contributed by atoms with Gasteiger partial charge >= 0.3 is 0 Å². The Hall–Kier alpha value is -3.32.